The van der Waals surface area contributed by atoms with Crippen LogP contribution in [0.4, 0.5) is 0 Å². The first kappa shape index (κ1) is 17.0. The van der Waals surface area contributed by atoms with Crippen LogP contribution in [0.15, 0.2) is 0 Å². The smallest absolute Gasteiger partial charge is 0.245 e. The van der Waals surface area contributed by atoms with Crippen LogP contribution >= 0.6 is 0 Å². The van der Waals surface area contributed by atoms with E-state index in [0.29, 0.717) is 18.9 Å². The van der Waals surface area contributed by atoms with Crippen LogP contribution in [0, 0.1) is 11.8 Å². The third-order valence-electron chi connectivity index (χ3n) is 3.97. The van der Waals surface area contributed by atoms with E-state index in [0.717, 1.165) is 12.8 Å². The summed E-state index contributed by atoms with van der Waals surface area (Å²) in [4.78, 5) is 26.5. The Balaban J connectivity index is 2.68. The minimum absolute atomic E-state index is 0.00955. The summed E-state index contributed by atoms with van der Waals surface area (Å²) < 4.78 is 0. The first-order valence-corrected chi connectivity index (χ1v) is 7.99. The zero-order chi connectivity index (χ0) is 15.3. The summed E-state index contributed by atoms with van der Waals surface area (Å²) in [5, 5.41) is 2.86. The SMILES string of the molecule is CCC1NC(=O)C(C(C)C)N(CCCCC(C)C)C1=O. The van der Waals surface area contributed by atoms with Crippen molar-refractivity contribution in [1.82, 2.24) is 10.2 Å². The lowest BCUT2D eigenvalue weighted by Crippen LogP contribution is -2.64. The van der Waals surface area contributed by atoms with Gasteiger partial charge in [0.15, 0.2) is 0 Å². The van der Waals surface area contributed by atoms with Crippen molar-refractivity contribution < 1.29 is 9.59 Å². The quantitative estimate of drug-likeness (QED) is 0.730. The molecule has 1 saturated heterocycles. The molecule has 1 heterocycles. The lowest BCUT2D eigenvalue weighted by Gasteiger charge is -2.40. The molecule has 2 amide bonds. The molecule has 0 aromatic rings. The highest BCUT2D eigenvalue weighted by Crippen LogP contribution is 2.20. The molecule has 0 aliphatic carbocycles. The van der Waals surface area contributed by atoms with Gasteiger partial charge in [0.2, 0.25) is 11.8 Å². The summed E-state index contributed by atoms with van der Waals surface area (Å²) in [5.74, 6) is 0.951. The molecule has 1 N–H and O–H groups in total. The van der Waals surface area contributed by atoms with Gasteiger partial charge in [0.05, 0.1) is 0 Å². The summed E-state index contributed by atoms with van der Waals surface area (Å²) in [5.41, 5.74) is 0. The van der Waals surface area contributed by atoms with E-state index in [4.69, 9.17) is 0 Å². The van der Waals surface area contributed by atoms with Crippen LogP contribution < -0.4 is 5.32 Å². The number of unbranched alkanes of at least 4 members (excludes halogenated alkanes) is 1. The van der Waals surface area contributed by atoms with Gasteiger partial charge in [-0.3, -0.25) is 9.59 Å². The van der Waals surface area contributed by atoms with Crippen LogP contribution in [-0.4, -0.2) is 35.3 Å². The molecule has 1 rings (SSSR count). The Labute approximate surface area is 123 Å². The highest BCUT2D eigenvalue weighted by atomic mass is 16.2. The van der Waals surface area contributed by atoms with Crippen LogP contribution in [0.5, 0.6) is 0 Å². The van der Waals surface area contributed by atoms with Gasteiger partial charge >= 0.3 is 0 Å². The van der Waals surface area contributed by atoms with Crippen LogP contribution in [0.2, 0.25) is 0 Å². The highest BCUT2D eigenvalue weighted by molar-refractivity contribution is 5.97. The Bertz CT molecular complexity index is 339. The normalized spacial score (nSPS) is 23.6. The summed E-state index contributed by atoms with van der Waals surface area (Å²) in [6, 6.07) is -0.632. The Hall–Kier alpha value is -1.06. The highest BCUT2D eigenvalue weighted by Gasteiger charge is 2.40. The van der Waals surface area contributed by atoms with Gasteiger partial charge in [0.1, 0.15) is 12.1 Å². The Morgan fingerprint density at radius 3 is 2.30 bits per heavy atom. The fraction of sp³-hybridized carbons (Fsp3) is 0.875. The molecule has 1 aliphatic rings. The zero-order valence-electron chi connectivity index (χ0n) is 13.6. The van der Waals surface area contributed by atoms with Gasteiger partial charge in [0, 0.05) is 6.54 Å². The second-order valence-corrected chi connectivity index (χ2v) is 6.58. The minimum Gasteiger partial charge on any atom is -0.343 e. The molecule has 0 aromatic carbocycles. The number of hydrogen-bond donors (Lipinski definition) is 1. The van der Waals surface area contributed by atoms with Crippen LogP contribution in [0.25, 0.3) is 0 Å². The van der Waals surface area contributed by atoms with Crippen LogP contribution in [0.3, 0.4) is 0 Å². The monoisotopic (exact) mass is 282 g/mol. The van der Waals surface area contributed by atoms with Crippen molar-refractivity contribution in [3.8, 4) is 0 Å². The second-order valence-electron chi connectivity index (χ2n) is 6.58. The van der Waals surface area contributed by atoms with Gasteiger partial charge in [0.25, 0.3) is 0 Å². The Morgan fingerprint density at radius 2 is 1.80 bits per heavy atom. The summed E-state index contributed by atoms with van der Waals surface area (Å²) in [6.45, 7) is 11.1. The number of nitrogens with zero attached hydrogens (tertiary/aromatic N) is 1. The standard InChI is InChI=1S/C16H30N2O2/c1-6-13-16(20)18(10-8-7-9-11(2)3)14(12(4)5)15(19)17-13/h11-14H,6-10H2,1-5H3,(H,17,19). The topological polar surface area (TPSA) is 49.4 Å². The van der Waals surface area contributed by atoms with E-state index >= 15 is 0 Å². The lowest BCUT2D eigenvalue weighted by molar-refractivity contribution is -0.151. The predicted molar refractivity (Wildman–Crippen MR) is 81.2 cm³/mol. The zero-order valence-corrected chi connectivity index (χ0v) is 13.6. The van der Waals surface area contributed by atoms with E-state index in [1.807, 2.05) is 25.7 Å². The van der Waals surface area contributed by atoms with E-state index < -0.39 is 0 Å². The molecule has 2 unspecified atom stereocenters. The molecule has 4 heteroatoms. The molecule has 0 radical (unpaired) electrons. The van der Waals surface area contributed by atoms with E-state index in [-0.39, 0.29) is 29.8 Å². The third kappa shape index (κ3) is 4.22. The molecule has 116 valence electrons. The van der Waals surface area contributed by atoms with Crippen LogP contribution in [0.1, 0.15) is 60.3 Å². The van der Waals surface area contributed by atoms with Crippen molar-refractivity contribution >= 4 is 11.8 Å². The molecule has 0 aromatic heterocycles. The number of hydrogen-bond acceptors (Lipinski definition) is 2. The Kier molecular flexibility index (Phi) is 6.50. The molecule has 1 fully saturated rings. The molecule has 2 atom stereocenters. The first-order valence-electron chi connectivity index (χ1n) is 7.99. The maximum atomic E-state index is 12.5. The number of nitrogens with one attached hydrogen (secondary N) is 1. The van der Waals surface area contributed by atoms with Crippen molar-refractivity contribution in [1.29, 1.82) is 0 Å². The maximum Gasteiger partial charge on any atom is 0.245 e. The fourth-order valence-electron chi connectivity index (χ4n) is 2.82. The van der Waals surface area contributed by atoms with E-state index in [2.05, 4.69) is 19.2 Å². The fourth-order valence-corrected chi connectivity index (χ4v) is 2.82. The molecule has 0 bridgehead atoms. The van der Waals surface area contributed by atoms with Crippen molar-refractivity contribution in [3.63, 3.8) is 0 Å². The van der Waals surface area contributed by atoms with E-state index in [9.17, 15) is 9.59 Å². The van der Waals surface area contributed by atoms with Gasteiger partial charge < -0.3 is 10.2 Å². The average molecular weight is 282 g/mol. The van der Waals surface area contributed by atoms with Gasteiger partial charge in [-0.1, -0.05) is 47.5 Å². The van der Waals surface area contributed by atoms with E-state index in [1.165, 1.54) is 6.42 Å². The molecule has 0 spiro atoms. The number of carbonyl (C=O) groups is 2. The minimum atomic E-state index is -0.331. The predicted octanol–water partition coefficient (Wildman–Crippen LogP) is 2.57. The molecular formula is C16H30N2O2. The van der Waals surface area contributed by atoms with Gasteiger partial charge in [-0.25, -0.2) is 0 Å². The number of rotatable bonds is 7. The van der Waals surface area contributed by atoms with Crippen molar-refractivity contribution in [2.75, 3.05) is 6.54 Å². The largest absolute Gasteiger partial charge is 0.343 e. The van der Waals surface area contributed by atoms with Crippen LogP contribution in [-0.2, 0) is 9.59 Å². The molecular weight excluding hydrogens is 252 g/mol. The molecule has 4 nitrogen and oxygen atoms in total. The van der Waals surface area contributed by atoms with Crippen molar-refractivity contribution in [3.05, 3.63) is 0 Å². The maximum absolute atomic E-state index is 12.5. The second kappa shape index (κ2) is 7.65. The van der Waals surface area contributed by atoms with Gasteiger partial charge in [-0.05, 0) is 24.7 Å². The van der Waals surface area contributed by atoms with Gasteiger partial charge in [-0.15, -0.1) is 0 Å². The van der Waals surface area contributed by atoms with Crippen molar-refractivity contribution in [2.24, 2.45) is 11.8 Å². The van der Waals surface area contributed by atoms with Gasteiger partial charge in [-0.2, -0.15) is 0 Å². The molecule has 0 saturated carbocycles. The average Bonchev–Trinajstić information content (AvgIpc) is 2.36. The molecule has 20 heavy (non-hydrogen) atoms. The summed E-state index contributed by atoms with van der Waals surface area (Å²) in [6.07, 6.45) is 3.94. The molecule has 1 aliphatic heterocycles. The number of piperazine rings is 1. The third-order valence-corrected chi connectivity index (χ3v) is 3.97. The first-order chi connectivity index (χ1) is 9.38. The number of amides is 2. The summed E-state index contributed by atoms with van der Waals surface area (Å²) in [7, 11) is 0. The van der Waals surface area contributed by atoms with Crippen molar-refractivity contribution in [2.45, 2.75) is 72.4 Å². The summed E-state index contributed by atoms with van der Waals surface area (Å²) >= 11 is 0. The lowest BCUT2D eigenvalue weighted by atomic mass is 9.95. The van der Waals surface area contributed by atoms with E-state index in [1.54, 1.807) is 0 Å². The Morgan fingerprint density at radius 1 is 1.15 bits per heavy atom. The number of carbonyl (C=O) groups excluding carboxylic acids is 2.